The predicted molar refractivity (Wildman–Crippen MR) is 90.2 cm³/mol. The minimum absolute atomic E-state index is 0.0748. The van der Waals surface area contributed by atoms with E-state index in [1.165, 1.54) is 0 Å². The summed E-state index contributed by atoms with van der Waals surface area (Å²) in [4.78, 5) is 13.3. The molecule has 0 bridgehead atoms. The van der Waals surface area contributed by atoms with Crippen LogP contribution in [0.4, 0.5) is 11.4 Å². The Bertz CT molecular complexity index is 604. The smallest absolute Gasteiger partial charge is 0.159 e. The molecular formula is C18H22N2O2. The zero-order valence-corrected chi connectivity index (χ0v) is 13.3. The maximum Gasteiger partial charge on any atom is 0.159 e. The number of nitrogens with one attached hydrogen (secondary N) is 1. The summed E-state index contributed by atoms with van der Waals surface area (Å²) in [6.07, 6.45) is 0. The van der Waals surface area contributed by atoms with Gasteiger partial charge in [-0.25, -0.2) is 0 Å². The minimum atomic E-state index is 0.0748. The van der Waals surface area contributed by atoms with Gasteiger partial charge < -0.3 is 15.0 Å². The molecule has 2 rings (SSSR count). The monoisotopic (exact) mass is 298 g/mol. The van der Waals surface area contributed by atoms with Crippen LogP contribution in [-0.2, 0) is 0 Å². The van der Waals surface area contributed by atoms with Crippen molar-refractivity contribution in [2.45, 2.75) is 6.92 Å². The van der Waals surface area contributed by atoms with Gasteiger partial charge in [0.1, 0.15) is 12.4 Å². The molecule has 0 saturated heterocycles. The van der Waals surface area contributed by atoms with E-state index in [9.17, 15) is 4.79 Å². The number of ether oxygens (including phenoxy) is 1. The average Bonchev–Trinajstić information content (AvgIpc) is 2.49. The zero-order chi connectivity index (χ0) is 15.9. The first-order chi connectivity index (χ1) is 10.5. The van der Waals surface area contributed by atoms with Crippen molar-refractivity contribution in [2.75, 3.05) is 32.6 Å². The van der Waals surface area contributed by atoms with E-state index in [1.807, 2.05) is 62.6 Å². The molecule has 0 saturated carbocycles. The van der Waals surface area contributed by atoms with Crippen molar-refractivity contribution in [1.29, 1.82) is 0 Å². The van der Waals surface area contributed by atoms with Crippen molar-refractivity contribution < 1.29 is 9.53 Å². The fourth-order valence-electron chi connectivity index (χ4n) is 1.94. The molecule has 4 heteroatoms. The van der Waals surface area contributed by atoms with Gasteiger partial charge in [0.25, 0.3) is 0 Å². The van der Waals surface area contributed by atoms with Gasteiger partial charge in [-0.05, 0) is 69.6 Å². The number of carbonyl (C=O) groups excluding carboxylic acids is 1. The Kier molecular flexibility index (Phi) is 5.55. The van der Waals surface area contributed by atoms with Crippen molar-refractivity contribution in [3.63, 3.8) is 0 Å². The van der Waals surface area contributed by atoms with Gasteiger partial charge in [0, 0.05) is 23.5 Å². The van der Waals surface area contributed by atoms with Crippen LogP contribution < -0.4 is 10.1 Å². The van der Waals surface area contributed by atoms with Crippen molar-refractivity contribution in [3.05, 3.63) is 54.1 Å². The van der Waals surface area contributed by atoms with E-state index in [0.717, 1.165) is 29.2 Å². The number of carbonyl (C=O) groups is 1. The number of anilines is 2. The van der Waals surface area contributed by atoms with E-state index < -0.39 is 0 Å². The topological polar surface area (TPSA) is 41.6 Å². The summed E-state index contributed by atoms with van der Waals surface area (Å²) in [5, 5.41) is 3.30. The number of nitrogens with zero attached hydrogens (tertiary/aromatic N) is 1. The Hall–Kier alpha value is -2.33. The van der Waals surface area contributed by atoms with E-state index in [-0.39, 0.29) is 5.78 Å². The molecular weight excluding hydrogens is 276 g/mol. The molecule has 4 nitrogen and oxygen atoms in total. The first-order valence-corrected chi connectivity index (χ1v) is 7.30. The number of Topliss-reactive ketones (excluding diaryl/α,β-unsaturated/α-hetero) is 1. The van der Waals surface area contributed by atoms with Crippen LogP contribution in [0.3, 0.4) is 0 Å². The second-order valence-corrected chi connectivity index (χ2v) is 5.43. The highest BCUT2D eigenvalue weighted by molar-refractivity contribution is 5.94. The Labute approximate surface area is 131 Å². The number of ketones is 1. The standard InChI is InChI=1S/C18H22N2O2/c1-14(21)15-4-6-16(7-5-15)19-17-8-10-18(11-9-17)22-13-12-20(2)3/h4-11,19H,12-13H2,1-3H3. The molecule has 2 aromatic carbocycles. The molecule has 0 aliphatic rings. The largest absolute Gasteiger partial charge is 0.492 e. The summed E-state index contributed by atoms with van der Waals surface area (Å²) in [6.45, 7) is 3.13. The van der Waals surface area contributed by atoms with E-state index in [4.69, 9.17) is 4.74 Å². The van der Waals surface area contributed by atoms with Gasteiger partial charge in [-0.15, -0.1) is 0 Å². The molecule has 116 valence electrons. The van der Waals surface area contributed by atoms with Crippen molar-refractivity contribution in [3.8, 4) is 5.75 Å². The van der Waals surface area contributed by atoms with E-state index in [1.54, 1.807) is 6.92 Å². The van der Waals surface area contributed by atoms with Gasteiger partial charge in [-0.2, -0.15) is 0 Å². The summed E-state index contributed by atoms with van der Waals surface area (Å²) in [6, 6.07) is 15.3. The molecule has 0 aromatic heterocycles. The molecule has 0 heterocycles. The predicted octanol–water partition coefficient (Wildman–Crippen LogP) is 3.57. The molecule has 0 aliphatic heterocycles. The molecule has 0 unspecified atom stereocenters. The lowest BCUT2D eigenvalue weighted by molar-refractivity contribution is 0.101. The number of rotatable bonds is 7. The molecule has 1 N–H and O–H groups in total. The lowest BCUT2D eigenvalue weighted by Crippen LogP contribution is -2.19. The van der Waals surface area contributed by atoms with Crippen LogP contribution >= 0.6 is 0 Å². The molecule has 0 atom stereocenters. The third kappa shape index (κ3) is 4.90. The highest BCUT2D eigenvalue weighted by atomic mass is 16.5. The summed E-state index contributed by atoms with van der Waals surface area (Å²) in [5.41, 5.74) is 2.65. The summed E-state index contributed by atoms with van der Waals surface area (Å²) >= 11 is 0. The fraction of sp³-hybridized carbons (Fsp3) is 0.278. The van der Waals surface area contributed by atoms with Crippen molar-refractivity contribution in [2.24, 2.45) is 0 Å². The van der Waals surface area contributed by atoms with Crippen LogP contribution in [0.25, 0.3) is 0 Å². The molecule has 0 fully saturated rings. The Morgan fingerprint density at radius 3 is 2.05 bits per heavy atom. The second-order valence-electron chi connectivity index (χ2n) is 5.43. The Morgan fingerprint density at radius 1 is 1.00 bits per heavy atom. The molecule has 22 heavy (non-hydrogen) atoms. The molecule has 2 aromatic rings. The first-order valence-electron chi connectivity index (χ1n) is 7.30. The van der Waals surface area contributed by atoms with Crippen molar-refractivity contribution in [1.82, 2.24) is 4.90 Å². The zero-order valence-electron chi connectivity index (χ0n) is 13.3. The number of hydrogen-bond donors (Lipinski definition) is 1. The van der Waals surface area contributed by atoms with Gasteiger partial charge in [-0.3, -0.25) is 4.79 Å². The van der Waals surface area contributed by atoms with Gasteiger partial charge in [0.05, 0.1) is 0 Å². The second kappa shape index (κ2) is 7.61. The minimum Gasteiger partial charge on any atom is -0.492 e. The van der Waals surface area contributed by atoms with Gasteiger partial charge in [-0.1, -0.05) is 0 Å². The van der Waals surface area contributed by atoms with Gasteiger partial charge >= 0.3 is 0 Å². The summed E-state index contributed by atoms with van der Waals surface area (Å²) in [5.74, 6) is 0.935. The summed E-state index contributed by atoms with van der Waals surface area (Å²) < 4.78 is 5.66. The quantitative estimate of drug-likeness (QED) is 0.793. The highest BCUT2D eigenvalue weighted by Crippen LogP contribution is 2.20. The van der Waals surface area contributed by atoms with Crippen molar-refractivity contribution >= 4 is 17.2 Å². The maximum atomic E-state index is 11.2. The third-order valence-corrected chi connectivity index (χ3v) is 3.24. The average molecular weight is 298 g/mol. The Morgan fingerprint density at radius 2 is 1.55 bits per heavy atom. The fourth-order valence-corrected chi connectivity index (χ4v) is 1.94. The molecule has 0 radical (unpaired) electrons. The van der Waals surface area contributed by atoms with Crippen LogP contribution in [0.2, 0.25) is 0 Å². The van der Waals surface area contributed by atoms with Gasteiger partial charge in [0.2, 0.25) is 0 Å². The number of benzene rings is 2. The van der Waals surface area contributed by atoms with Gasteiger partial charge in [0.15, 0.2) is 5.78 Å². The van der Waals surface area contributed by atoms with Crippen LogP contribution in [-0.4, -0.2) is 37.9 Å². The van der Waals surface area contributed by atoms with E-state index in [2.05, 4.69) is 10.2 Å². The van der Waals surface area contributed by atoms with Crippen LogP contribution in [0.5, 0.6) is 5.75 Å². The maximum absolute atomic E-state index is 11.2. The third-order valence-electron chi connectivity index (χ3n) is 3.24. The lowest BCUT2D eigenvalue weighted by Gasteiger charge is -2.12. The SMILES string of the molecule is CC(=O)c1ccc(Nc2ccc(OCCN(C)C)cc2)cc1. The Balaban J connectivity index is 1.91. The van der Waals surface area contributed by atoms with E-state index in [0.29, 0.717) is 6.61 Å². The number of likely N-dealkylation sites (N-methyl/N-ethyl adjacent to an activating group) is 1. The number of hydrogen-bond acceptors (Lipinski definition) is 4. The molecule has 0 spiro atoms. The van der Waals surface area contributed by atoms with E-state index >= 15 is 0 Å². The van der Waals surface area contributed by atoms with Crippen LogP contribution in [0, 0.1) is 0 Å². The van der Waals surface area contributed by atoms with Crippen LogP contribution in [0.15, 0.2) is 48.5 Å². The molecule has 0 amide bonds. The normalized spacial score (nSPS) is 10.5. The highest BCUT2D eigenvalue weighted by Gasteiger charge is 2.00. The first kappa shape index (κ1) is 16.0. The summed E-state index contributed by atoms with van der Waals surface area (Å²) in [7, 11) is 4.04. The van der Waals surface area contributed by atoms with Crippen LogP contribution in [0.1, 0.15) is 17.3 Å². The molecule has 0 aliphatic carbocycles. The lowest BCUT2D eigenvalue weighted by atomic mass is 10.1.